The molecule has 160 valence electrons. The average Bonchev–Trinajstić information content (AvgIpc) is 2.70. The van der Waals surface area contributed by atoms with E-state index >= 15 is 0 Å². The second kappa shape index (κ2) is 12.8. The lowest BCUT2D eigenvalue weighted by molar-refractivity contribution is -0.113. The predicted molar refractivity (Wildman–Crippen MR) is 115 cm³/mol. The fourth-order valence-electron chi connectivity index (χ4n) is 3.87. The Morgan fingerprint density at radius 3 is 1.89 bits per heavy atom. The highest BCUT2D eigenvalue weighted by Crippen LogP contribution is 2.39. The fraction of sp³-hybridized carbons (Fsp3) is 0.750. The third-order valence-electron chi connectivity index (χ3n) is 5.73. The summed E-state index contributed by atoms with van der Waals surface area (Å²) < 4.78 is 5.85. The van der Waals surface area contributed by atoms with Crippen LogP contribution in [-0.4, -0.2) is 11.4 Å². The number of rotatable bonds is 15. The van der Waals surface area contributed by atoms with Crippen molar-refractivity contribution in [2.75, 3.05) is 0 Å². The monoisotopic (exact) mass is 392 g/mol. The van der Waals surface area contributed by atoms with Crippen LogP contribution >= 0.6 is 0 Å². The molecule has 0 saturated carbocycles. The Morgan fingerprint density at radius 2 is 1.36 bits per heavy atom. The minimum atomic E-state index is -0.811. The lowest BCUT2D eigenvalue weighted by Gasteiger charge is -2.29. The highest BCUT2D eigenvalue weighted by Gasteiger charge is 2.38. The molecule has 0 bridgehead atoms. The van der Waals surface area contributed by atoms with Crippen molar-refractivity contribution in [2.24, 2.45) is 0 Å². The Balaban J connectivity index is 3.55. The molecular formula is C24H40O4. The molecule has 0 amide bonds. The van der Waals surface area contributed by atoms with Gasteiger partial charge >= 0.3 is 5.63 Å². The Labute approximate surface area is 170 Å². The molecule has 0 aliphatic heterocycles. The highest BCUT2D eigenvalue weighted by atomic mass is 16.4. The van der Waals surface area contributed by atoms with Gasteiger partial charge in [-0.1, -0.05) is 72.6 Å². The van der Waals surface area contributed by atoms with Crippen LogP contribution in [0.4, 0.5) is 0 Å². The molecule has 0 radical (unpaired) electrons. The summed E-state index contributed by atoms with van der Waals surface area (Å²) in [6.45, 7) is 8.39. The number of unbranched alkanes of at least 4 members (excludes halogenated alkanes) is 5. The standard InChI is InChI=1S/C24H40O4/c1-5-9-13-17-24(18-25,16-12-8-4)22-19(14-10-6-2)21(26)20(15-11-7-3)23(27)28-22/h18,26H,5-17H2,1-4H3. The largest absolute Gasteiger partial charge is 0.507 e. The molecule has 1 unspecified atom stereocenters. The second-order valence-electron chi connectivity index (χ2n) is 8.07. The van der Waals surface area contributed by atoms with Crippen LogP contribution in [0.1, 0.15) is 115 Å². The van der Waals surface area contributed by atoms with Crippen molar-refractivity contribution in [2.45, 2.75) is 117 Å². The van der Waals surface area contributed by atoms with Crippen molar-refractivity contribution in [3.05, 3.63) is 27.3 Å². The van der Waals surface area contributed by atoms with Gasteiger partial charge in [-0.15, -0.1) is 0 Å². The van der Waals surface area contributed by atoms with Crippen LogP contribution in [0.25, 0.3) is 0 Å². The van der Waals surface area contributed by atoms with Gasteiger partial charge in [-0.05, 0) is 38.5 Å². The quantitative estimate of drug-likeness (QED) is 0.283. The molecule has 0 fully saturated rings. The van der Waals surface area contributed by atoms with Gasteiger partial charge in [0.15, 0.2) is 0 Å². The molecule has 1 aromatic heterocycles. The summed E-state index contributed by atoms with van der Waals surface area (Å²) in [6, 6.07) is 0. The average molecular weight is 393 g/mol. The molecule has 1 atom stereocenters. The zero-order valence-corrected chi connectivity index (χ0v) is 18.4. The van der Waals surface area contributed by atoms with E-state index in [4.69, 9.17) is 4.42 Å². The minimum absolute atomic E-state index is 0.0753. The van der Waals surface area contributed by atoms with E-state index in [0.717, 1.165) is 64.1 Å². The summed E-state index contributed by atoms with van der Waals surface area (Å²) in [4.78, 5) is 25.1. The van der Waals surface area contributed by atoms with E-state index in [9.17, 15) is 14.7 Å². The molecule has 1 N–H and O–H groups in total. The van der Waals surface area contributed by atoms with Crippen LogP contribution < -0.4 is 5.63 Å². The molecule has 1 rings (SSSR count). The summed E-state index contributed by atoms with van der Waals surface area (Å²) in [5.74, 6) is 0.509. The molecule has 4 nitrogen and oxygen atoms in total. The van der Waals surface area contributed by atoms with Crippen LogP contribution in [0.15, 0.2) is 9.21 Å². The minimum Gasteiger partial charge on any atom is -0.507 e. The van der Waals surface area contributed by atoms with Gasteiger partial charge in [0.1, 0.15) is 17.8 Å². The van der Waals surface area contributed by atoms with Crippen LogP contribution in [-0.2, 0) is 23.1 Å². The maximum atomic E-state index is 12.7. The SMILES string of the molecule is CCCCCC(C=O)(CCCC)c1oc(=O)c(CCCC)c(O)c1CCCC. The lowest BCUT2D eigenvalue weighted by atomic mass is 9.74. The number of carbonyl (C=O) groups is 1. The first-order chi connectivity index (χ1) is 13.5. The Bertz CT molecular complexity index is 647. The first kappa shape index (κ1) is 24.5. The van der Waals surface area contributed by atoms with Gasteiger partial charge in [0.25, 0.3) is 0 Å². The van der Waals surface area contributed by atoms with E-state index in [1.165, 1.54) is 0 Å². The number of hydrogen-bond donors (Lipinski definition) is 1. The number of hydrogen-bond acceptors (Lipinski definition) is 4. The predicted octanol–water partition coefficient (Wildman–Crippen LogP) is 6.24. The van der Waals surface area contributed by atoms with Crippen molar-refractivity contribution in [3.8, 4) is 5.75 Å². The Hall–Kier alpha value is -1.58. The summed E-state index contributed by atoms with van der Waals surface area (Å²) in [5, 5.41) is 11.0. The van der Waals surface area contributed by atoms with Crippen LogP contribution in [0, 0.1) is 0 Å². The van der Waals surface area contributed by atoms with Crippen LogP contribution in [0.5, 0.6) is 5.75 Å². The van der Waals surface area contributed by atoms with Crippen molar-refractivity contribution >= 4 is 6.29 Å². The van der Waals surface area contributed by atoms with Gasteiger partial charge < -0.3 is 14.3 Å². The van der Waals surface area contributed by atoms with E-state index < -0.39 is 11.0 Å². The molecule has 1 heterocycles. The van der Waals surface area contributed by atoms with Crippen molar-refractivity contribution in [1.82, 2.24) is 0 Å². The molecule has 0 aromatic carbocycles. The maximum Gasteiger partial charge on any atom is 0.342 e. The Kier molecular flexibility index (Phi) is 11.2. The first-order valence-corrected chi connectivity index (χ1v) is 11.4. The zero-order valence-electron chi connectivity index (χ0n) is 18.4. The molecule has 28 heavy (non-hydrogen) atoms. The van der Waals surface area contributed by atoms with E-state index in [1.54, 1.807) is 0 Å². The van der Waals surface area contributed by atoms with E-state index in [0.29, 0.717) is 42.6 Å². The smallest absolute Gasteiger partial charge is 0.342 e. The van der Waals surface area contributed by atoms with Gasteiger partial charge in [-0.2, -0.15) is 0 Å². The highest BCUT2D eigenvalue weighted by molar-refractivity contribution is 5.69. The summed E-state index contributed by atoms with van der Waals surface area (Å²) in [5.41, 5.74) is -0.221. The number of aldehydes is 1. The molecule has 0 spiro atoms. The molecule has 4 heteroatoms. The van der Waals surface area contributed by atoms with Crippen molar-refractivity contribution in [3.63, 3.8) is 0 Å². The molecule has 0 aliphatic rings. The van der Waals surface area contributed by atoms with Crippen molar-refractivity contribution < 1.29 is 14.3 Å². The molecular weight excluding hydrogens is 352 g/mol. The van der Waals surface area contributed by atoms with Gasteiger partial charge in [0.05, 0.1) is 11.0 Å². The zero-order chi connectivity index (χ0) is 21.0. The fourth-order valence-corrected chi connectivity index (χ4v) is 3.87. The normalized spacial score (nSPS) is 13.4. The lowest BCUT2D eigenvalue weighted by Crippen LogP contribution is -2.32. The maximum absolute atomic E-state index is 12.7. The topological polar surface area (TPSA) is 67.5 Å². The van der Waals surface area contributed by atoms with Crippen LogP contribution in [0.2, 0.25) is 0 Å². The summed E-state index contributed by atoms with van der Waals surface area (Å²) in [7, 11) is 0. The van der Waals surface area contributed by atoms with Gasteiger partial charge in [0.2, 0.25) is 0 Å². The van der Waals surface area contributed by atoms with Crippen molar-refractivity contribution in [1.29, 1.82) is 0 Å². The van der Waals surface area contributed by atoms with E-state index in [2.05, 4.69) is 27.7 Å². The van der Waals surface area contributed by atoms with Gasteiger partial charge in [-0.25, -0.2) is 4.79 Å². The molecule has 1 aromatic rings. The van der Waals surface area contributed by atoms with Gasteiger partial charge in [-0.3, -0.25) is 0 Å². The Morgan fingerprint density at radius 1 is 0.821 bits per heavy atom. The number of carbonyl (C=O) groups excluding carboxylic acids is 1. The third kappa shape index (κ3) is 6.22. The molecule has 0 saturated heterocycles. The summed E-state index contributed by atoms with van der Waals surface area (Å²) in [6.07, 6.45) is 12.0. The summed E-state index contributed by atoms with van der Waals surface area (Å²) >= 11 is 0. The van der Waals surface area contributed by atoms with E-state index in [-0.39, 0.29) is 5.75 Å². The third-order valence-corrected chi connectivity index (χ3v) is 5.73. The van der Waals surface area contributed by atoms with Crippen LogP contribution in [0.3, 0.4) is 0 Å². The molecule has 0 aliphatic carbocycles. The second-order valence-corrected chi connectivity index (χ2v) is 8.07. The number of aromatic hydroxyl groups is 1. The van der Waals surface area contributed by atoms with E-state index in [1.807, 2.05) is 0 Å². The van der Waals surface area contributed by atoms with Gasteiger partial charge in [0, 0.05) is 5.56 Å². The first-order valence-electron chi connectivity index (χ1n) is 11.4.